The van der Waals surface area contributed by atoms with Gasteiger partial charge in [0.2, 0.25) is 10.0 Å². The molecule has 1 N–H and O–H groups in total. The fourth-order valence-electron chi connectivity index (χ4n) is 3.28. The first-order valence-corrected chi connectivity index (χ1v) is 11.0. The third-order valence-electron chi connectivity index (χ3n) is 4.42. The van der Waals surface area contributed by atoms with Crippen molar-refractivity contribution in [2.45, 2.75) is 6.61 Å². The first-order valence-electron chi connectivity index (χ1n) is 8.70. The molecule has 28 heavy (non-hydrogen) atoms. The highest BCUT2D eigenvalue weighted by Gasteiger charge is 2.19. The second-order valence-electron chi connectivity index (χ2n) is 6.64. The number of halogens is 1. The van der Waals surface area contributed by atoms with Crippen molar-refractivity contribution in [3.8, 4) is 5.75 Å². The molecule has 0 spiro atoms. The molecule has 4 rings (SSSR count). The number of anilines is 1. The van der Waals surface area contributed by atoms with Crippen LogP contribution >= 0.6 is 11.6 Å². The van der Waals surface area contributed by atoms with Gasteiger partial charge in [-0.1, -0.05) is 48.0 Å². The number of fused-ring (bicyclic) bond motifs is 2. The standard InChI is InChI=1S/C22H18ClNO3S/c1-28(25,26)24-18-7-4-5-15(11-18)12-20-19-8-3-2-6-16(19)14-27-22-10-9-17(23)13-21(20)22/h2-13,24H,14H2,1H3/b20-12-. The lowest BCUT2D eigenvalue weighted by Gasteiger charge is -2.12. The van der Waals surface area contributed by atoms with Crippen molar-refractivity contribution in [3.05, 3.63) is 94.0 Å². The molecule has 1 aliphatic heterocycles. The van der Waals surface area contributed by atoms with Crippen LogP contribution in [0.15, 0.2) is 66.7 Å². The highest BCUT2D eigenvalue weighted by Crippen LogP contribution is 2.39. The molecule has 3 aromatic rings. The molecule has 0 amide bonds. The van der Waals surface area contributed by atoms with Crippen LogP contribution in [0.1, 0.15) is 22.3 Å². The lowest BCUT2D eigenvalue weighted by molar-refractivity contribution is 0.307. The van der Waals surface area contributed by atoms with Crippen LogP contribution in [-0.2, 0) is 16.6 Å². The van der Waals surface area contributed by atoms with E-state index in [1.165, 1.54) is 0 Å². The largest absolute Gasteiger partial charge is 0.488 e. The molecule has 0 saturated carbocycles. The van der Waals surface area contributed by atoms with Gasteiger partial charge in [0.15, 0.2) is 0 Å². The molecular formula is C22H18ClNO3S. The van der Waals surface area contributed by atoms with E-state index in [-0.39, 0.29) is 0 Å². The van der Waals surface area contributed by atoms with Crippen LogP contribution in [0.5, 0.6) is 5.75 Å². The van der Waals surface area contributed by atoms with Crippen LogP contribution in [0.3, 0.4) is 0 Å². The van der Waals surface area contributed by atoms with Crippen LogP contribution in [0.25, 0.3) is 11.6 Å². The molecule has 1 aliphatic rings. The molecule has 4 nitrogen and oxygen atoms in total. The van der Waals surface area contributed by atoms with Gasteiger partial charge in [-0.15, -0.1) is 0 Å². The van der Waals surface area contributed by atoms with E-state index in [2.05, 4.69) is 10.8 Å². The predicted octanol–water partition coefficient (Wildman–Crippen LogP) is 5.19. The molecule has 0 fully saturated rings. The van der Waals surface area contributed by atoms with E-state index in [1.807, 2.05) is 54.6 Å². The number of ether oxygens (including phenoxy) is 1. The maximum absolute atomic E-state index is 11.6. The molecule has 142 valence electrons. The van der Waals surface area contributed by atoms with Gasteiger partial charge >= 0.3 is 0 Å². The molecular weight excluding hydrogens is 394 g/mol. The van der Waals surface area contributed by atoms with Crippen molar-refractivity contribution in [1.29, 1.82) is 0 Å². The minimum atomic E-state index is -3.34. The summed E-state index contributed by atoms with van der Waals surface area (Å²) in [7, 11) is -3.34. The van der Waals surface area contributed by atoms with Crippen molar-refractivity contribution in [2.24, 2.45) is 0 Å². The Morgan fingerprint density at radius 3 is 2.64 bits per heavy atom. The van der Waals surface area contributed by atoms with E-state index < -0.39 is 10.0 Å². The van der Waals surface area contributed by atoms with Crippen molar-refractivity contribution in [3.63, 3.8) is 0 Å². The van der Waals surface area contributed by atoms with E-state index in [4.69, 9.17) is 16.3 Å². The highest BCUT2D eigenvalue weighted by atomic mass is 35.5. The monoisotopic (exact) mass is 411 g/mol. The Bertz CT molecular complexity index is 1190. The van der Waals surface area contributed by atoms with Gasteiger partial charge in [0.25, 0.3) is 0 Å². The number of hydrogen-bond acceptors (Lipinski definition) is 3. The predicted molar refractivity (Wildman–Crippen MR) is 114 cm³/mol. The van der Waals surface area contributed by atoms with Crippen LogP contribution in [0, 0.1) is 0 Å². The van der Waals surface area contributed by atoms with Crippen molar-refractivity contribution in [2.75, 3.05) is 11.0 Å². The number of rotatable bonds is 3. The molecule has 0 saturated heterocycles. The molecule has 0 unspecified atom stereocenters. The zero-order valence-corrected chi connectivity index (χ0v) is 16.7. The lowest BCUT2D eigenvalue weighted by Crippen LogP contribution is -2.09. The maximum Gasteiger partial charge on any atom is 0.229 e. The van der Waals surface area contributed by atoms with E-state index in [0.717, 1.165) is 39.8 Å². The number of benzene rings is 3. The van der Waals surface area contributed by atoms with Gasteiger partial charge in [0.1, 0.15) is 12.4 Å². The van der Waals surface area contributed by atoms with Crippen LogP contribution < -0.4 is 9.46 Å². The maximum atomic E-state index is 11.6. The van der Waals surface area contributed by atoms with Crippen molar-refractivity contribution < 1.29 is 13.2 Å². The summed E-state index contributed by atoms with van der Waals surface area (Å²) < 4.78 is 31.6. The van der Waals surface area contributed by atoms with E-state index >= 15 is 0 Å². The summed E-state index contributed by atoms with van der Waals surface area (Å²) in [5.74, 6) is 0.761. The smallest absolute Gasteiger partial charge is 0.229 e. The Labute approximate surface area is 169 Å². The first kappa shape index (κ1) is 18.6. The molecule has 0 aromatic heterocycles. The summed E-state index contributed by atoms with van der Waals surface area (Å²) in [6.07, 6.45) is 3.16. The number of sulfonamides is 1. The number of nitrogens with one attached hydrogen (secondary N) is 1. The highest BCUT2D eigenvalue weighted by molar-refractivity contribution is 7.92. The van der Waals surface area contributed by atoms with Crippen molar-refractivity contribution >= 4 is 39.0 Å². The molecule has 1 heterocycles. The normalized spacial score (nSPS) is 14.6. The average molecular weight is 412 g/mol. The van der Waals surface area contributed by atoms with E-state index in [0.29, 0.717) is 17.3 Å². The van der Waals surface area contributed by atoms with Crippen LogP contribution in [0.4, 0.5) is 5.69 Å². The minimum absolute atomic E-state index is 0.470. The SMILES string of the molecule is CS(=O)(=O)Nc1cccc(/C=C2/c3ccccc3COc3ccc(Cl)cc32)c1. The Balaban J connectivity index is 1.89. The first-order chi connectivity index (χ1) is 13.4. The summed E-state index contributed by atoms with van der Waals surface area (Å²) >= 11 is 6.26. The second kappa shape index (κ2) is 7.34. The average Bonchev–Trinajstić information content (AvgIpc) is 2.78. The summed E-state index contributed by atoms with van der Waals surface area (Å²) in [4.78, 5) is 0. The molecule has 0 aliphatic carbocycles. The van der Waals surface area contributed by atoms with Crippen LogP contribution in [-0.4, -0.2) is 14.7 Å². The zero-order valence-electron chi connectivity index (χ0n) is 15.1. The van der Waals surface area contributed by atoms with Gasteiger partial charge in [-0.3, -0.25) is 4.72 Å². The quantitative estimate of drug-likeness (QED) is 0.645. The Hall–Kier alpha value is -2.76. The number of hydrogen-bond donors (Lipinski definition) is 1. The molecule has 0 bridgehead atoms. The van der Waals surface area contributed by atoms with Gasteiger partial charge in [0.05, 0.1) is 6.26 Å². The Morgan fingerprint density at radius 1 is 1.00 bits per heavy atom. The fourth-order valence-corrected chi connectivity index (χ4v) is 4.00. The molecule has 0 radical (unpaired) electrons. The van der Waals surface area contributed by atoms with Gasteiger partial charge < -0.3 is 4.74 Å². The van der Waals surface area contributed by atoms with Crippen LogP contribution in [0.2, 0.25) is 5.02 Å². The van der Waals surface area contributed by atoms with Crippen molar-refractivity contribution in [1.82, 2.24) is 0 Å². The van der Waals surface area contributed by atoms with Gasteiger partial charge in [-0.05, 0) is 58.7 Å². The summed E-state index contributed by atoms with van der Waals surface area (Å²) in [6, 6.07) is 20.9. The summed E-state index contributed by atoms with van der Waals surface area (Å²) in [5, 5.41) is 0.625. The molecule has 0 atom stereocenters. The van der Waals surface area contributed by atoms with Gasteiger partial charge in [0, 0.05) is 16.3 Å². The fraction of sp³-hybridized carbons (Fsp3) is 0.0909. The summed E-state index contributed by atoms with van der Waals surface area (Å²) in [6.45, 7) is 0.470. The third-order valence-corrected chi connectivity index (χ3v) is 5.26. The molecule has 6 heteroatoms. The van der Waals surface area contributed by atoms with E-state index in [1.54, 1.807) is 12.1 Å². The molecule has 3 aromatic carbocycles. The summed E-state index contributed by atoms with van der Waals surface area (Å²) in [5.41, 5.74) is 5.39. The van der Waals surface area contributed by atoms with Gasteiger partial charge in [-0.25, -0.2) is 8.42 Å². The third kappa shape index (κ3) is 4.06. The Kier molecular flexibility index (Phi) is 4.87. The topological polar surface area (TPSA) is 55.4 Å². The van der Waals surface area contributed by atoms with E-state index in [9.17, 15) is 8.42 Å². The second-order valence-corrected chi connectivity index (χ2v) is 8.83. The minimum Gasteiger partial charge on any atom is -0.488 e. The zero-order chi connectivity index (χ0) is 19.7. The Morgan fingerprint density at radius 2 is 1.82 bits per heavy atom. The lowest BCUT2D eigenvalue weighted by atomic mass is 9.92. The van der Waals surface area contributed by atoms with Gasteiger partial charge in [-0.2, -0.15) is 0 Å².